The second-order valence-corrected chi connectivity index (χ2v) is 12.2. The third kappa shape index (κ3) is 5.74. The smallest absolute Gasteiger partial charge is 0.240 e. The summed E-state index contributed by atoms with van der Waals surface area (Å²) < 4.78 is 0. The normalized spacial score (nSPS) is 27.4. The van der Waals surface area contributed by atoms with Gasteiger partial charge in [-0.15, -0.1) is 0 Å². The van der Waals surface area contributed by atoms with Crippen molar-refractivity contribution in [3.05, 3.63) is 69.7 Å². The number of halogens is 2. The van der Waals surface area contributed by atoms with Crippen LogP contribution in [0.3, 0.4) is 0 Å². The highest BCUT2D eigenvalue weighted by atomic mass is 35.5. The van der Waals surface area contributed by atoms with Crippen LogP contribution in [0.25, 0.3) is 0 Å². The summed E-state index contributed by atoms with van der Waals surface area (Å²) in [5.74, 6) is -0.267. The zero-order valence-corrected chi connectivity index (χ0v) is 22.9. The number of amides is 1. The van der Waals surface area contributed by atoms with E-state index in [0.29, 0.717) is 29.7 Å². The largest absolute Gasteiger partial charge is 0.395 e. The Morgan fingerprint density at radius 2 is 1.75 bits per heavy atom. The van der Waals surface area contributed by atoms with Crippen LogP contribution in [0.1, 0.15) is 44.2 Å². The van der Waals surface area contributed by atoms with Gasteiger partial charge in [-0.05, 0) is 47.2 Å². The summed E-state index contributed by atoms with van der Waals surface area (Å²) in [6, 6.07) is 14.8. The minimum absolute atomic E-state index is 0.0124. The number of carbonyl (C=O) groups excluding carboxylic acids is 1. The molecule has 196 valence electrons. The van der Waals surface area contributed by atoms with Crippen LogP contribution in [-0.2, 0) is 10.3 Å². The van der Waals surface area contributed by atoms with Crippen molar-refractivity contribution in [1.82, 2.24) is 15.1 Å². The van der Waals surface area contributed by atoms with E-state index < -0.39 is 11.6 Å². The van der Waals surface area contributed by atoms with Gasteiger partial charge in [0.2, 0.25) is 5.91 Å². The fourth-order valence-corrected chi connectivity index (χ4v) is 6.14. The molecule has 2 saturated heterocycles. The lowest BCUT2D eigenvalue weighted by molar-refractivity contribution is -0.135. The summed E-state index contributed by atoms with van der Waals surface area (Å²) in [4.78, 5) is 18.2. The van der Waals surface area contributed by atoms with Crippen molar-refractivity contribution in [2.24, 2.45) is 11.1 Å². The Labute approximate surface area is 224 Å². The fraction of sp³-hybridized carbons (Fsp3) is 0.536. The van der Waals surface area contributed by atoms with Gasteiger partial charge in [0.1, 0.15) is 0 Å². The molecule has 36 heavy (non-hydrogen) atoms. The highest BCUT2D eigenvalue weighted by Crippen LogP contribution is 2.48. The number of aliphatic hydroxyl groups excluding tert-OH is 1. The number of carbonyl (C=O) groups is 1. The van der Waals surface area contributed by atoms with Gasteiger partial charge in [-0.25, -0.2) is 0 Å². The minimum Gasteiger partial charge on any atom is -0.395 e. The maximum Gasteiger partial charge on any atom is 0.240 e. The number of β-amino-alcohol motifs (C(OH)–C–C–N with tert-alkyl or cyclic N) is 1. The van der Waals surface area contributed by atoms with Gasteiger partial charge >= 0.3 is 0 Å². The van der Waals surface area contributed by atoms with E-state index in [2.05, 4.69) is 31.0 Å². The van der Waals surface area contributed by atoms with Gasteiger partial charge < -0.3 is 21.1 Å². The molecule has 0 saturated carbocycles. The molecule has 8 heteroatoms. The van der Waals surface area contributed by atoms with E-state index in [1.54, 1.807) is 0 Å². The molecule has 6 nitrogen and oxygen atoms in total. The van der Waals surface area contributed by atoms with E-state index in [4.69, 9.17) is 28.9 Å². The van der Waals surface area contributed by atoms with Crippen molar-refractivity contribution in [2.75, 3.05) is 39.3 Å². The topological polar surface area (TPSA) is 81.8 Å². The lowest BCUT2D eigenvalue weighted by Gasteiger charge is -2.40. The molecule has 1 amide bonds. The number of hydrogen-bond acceptors (Lipinski definition) is 5. The average molecular weight is 534 g/mol. The first-order valence-electron chi connectivity index (χ1n) is 12.7. The lowest BCUT2D eigenvalue weighted by atomic mass is 9.68. The van der Waals surface area contributed by atoms with Crippen molar-refractivity contribution < 1.29 is 9.90 Å². The molecule has 2 aromatic carbocycles. The number of aliphatic hydroxyl groups is 1. The zero-order valence-electron chi connectivity index (χ0n) is 21.4. The highest BCUT2D eigenvalue weighted by molar-refractivity contribution is 6.30. The van der Waals surface area contributed by atoms with Crippen molar-refractivity contribution >= 4 is 29.1 Å². The van der Waals surface area contributed by atoms with Crippen LogP contribution >= 0.6 is 23.2 Å². The molecule has 4 N–H and O–H groups in total. The number of rotatable bonds is 6. The fourth-order valence-electron chi connectivity index (χ4n) is 5.82. The predicted octanol–water partition coefficient (Wildman–Crippen LogP) is 3.84. The molecule has 0 bridgehead atoms. The number of benzene rings is 2. The lowest BCUT2D eigenvalue weighted by Crippen LogP contribution is -2.54. The van der Waals surface area contributed by atoms with Gasteiger partial charge in [0.25, 0.3) is 0 Å². The third-order valence-corrected chi connectivity index (χ3v) is 8.03. The molecule has 0 aromatic heterocycles. The third-order valence-electron chi connectivity index (χ3n) is 7.54. The molecular formula is C28H38Cl2N4O2. The Hall–Kier alpha value is -1.67. The van der Waals surface area contributed by atoms with Crippen LogP contribution < -0.4 is 11.1 Å². The summed E-state index contributed by atoms with van der Waals surface area (Å²) in [5, 5.41) is 14.3. The molecule has 0 radical (unpaired) electrons. The number of piperazine rings is 1. The van der Waals surface area contributed by atoms with Gasteiger partial charge in [-0.3, -0.25) is 9.69 Å². The maximum atomic E-state index is 14.1. The summed E-state index contributed by atoms with van der Waals surface area (Å²) in [6.07, 6.45) is 0.789. The van der Waals surface area contributed by atoms with E-state index in [-0.39, 0.29) is 29.9 Å². The maximum absolute atomic E-state index is 14.1. The van der Waals surface area contributed by atoms with E-state index >= 15 is 0 Å². The van der Waals surface area contributed by atoms with E-state index in [0.717, 1.165) is 30.6 Å². The highest BCUT2D eigenvalue weighted by Gasteiger charge is 2.57. The number of nitrogens with one attached hydrogen (secondary N) is 1. The standard InChI is InChI=1S/C28H38Cl2N4O2/c1-27(2,3)18-23-28(31,20-7-9-21(29)10-8-20)24(19-5-4-6-22(30)17-19)25(32-23)26(36)34-13-11-33(12-14-34)15-16-35/h4-10,17,23-25,32,35H,11-16,18,31H2,1-3H3/t23-,24-,25+,28+/m0/s1. The van der Waals surface area contributed by atoms with E-state index in [1.165, 1.54) is 0 Å². The molecular weight excluding hydrogens is 495 g/mol. The Kier molecular flexibility index (Phi) is 8.35. The van der Waals surface area contributed by atoms with Crippen LogP contribution in [-0.4, -0.2) is 72.2 Å². The summed E-state index contributed by atoms with van der Waals surface area (Å²) in [6.45, 7) is 10.1. The molecule has 2 heterocycles. The molecule has 2 fully saturated rings. The Morgan fingerprint density at radius 1 is 1.08 bits per heavy atom. The monoisotopic (exact) mass is 532 g/mol. The van der Waals surface area contributed by atoms with Crippen molar-refractivity contribution in [2.45, 2.75) is 50.7 Å². The second-order valence-electron chi connectivity index (χ2n) is 11.3. The van der Waals surface area contributed by atoms with E-state index in [1.807, 2.05) is 53.4 Å². The number of nitrogens with zero attached hydrogens (tertiary/aromatic N) is 2. The Morgan fingerprint density at radius 3 is 2.33 bits per heavy atom. The Balaban J connectivity index is 1.77. The van der Waals surface area contributed by atoms with Crippen molar-refractivity contribution in [3.63, 3.8) is 0 Å². The van der Waals surface area contributed by atoms with Gasteiger partial charge in [-0.1, -0.05) is 68.2 Å². The molecule has 0 unspecified atom stereocenters. The average Bonchev–Trinajstić information content (AvgIpc) is 3.11. The summed E-state index contributed by atoms with van der Waals surface area (Å²) in [7, 11) is 0. The van der Waals surface area contributed by atoms with Crippen LogP contribution in [0.15, 0.2) is 48.5 Å². The SMILES string of the molecule is CC(C)(C)C[C@@H]1N[C@@H](C(=O)N2CCN(CCO)CC2)[C@H](c2cccc(Cl)c2)[C@@]1(N)c1ccc(Cl)cc1. The number of nitrogens with two attached hydrogens (primary N) is 1. The predicted molar refractivity (Wildman–Crippen MR) is 146 cm³/mol. The second kappa shape index (κ2) is 11.0. The molecule has 2 aliphatic heterocycles. The summed E-state index contributed by atoms with van der Waals surface area (Å²) in [5.41, 5.74) is 8.49. The first-order chi connectivity index (χ1) is 17.0. The van der Waals surface area contributed by atoms with Gasteiger partial charge in [0.15, 0.2) is 0 Å². The minimum atomic E-state index is -0.860. The summed E-state index contributed by atoms with van der Waals surface area (Å²) >= 11 is 12.7. The van der Waals surface area contributed by atoms with Gasteiger partial charge in [0, 0.05) is 54.7 Å². The first-order valence-corrected chi connectivity index (χ1v) is 13.5. The van der Waals surface area contributed by atoms with Crippen molar-refractivity contribution in [1.29, 1.82) is 0 Å². The zero-order chi connectivity index (χ0) is 26.1. The quantitative estimate of drug-likeness (QED) is 0.526. The molecule has 0 spiro atoms. The Bertz CT molecular complexity index is 1050. The molecule has 4 rings (SSSR count). The molecule has 0 aliphatic carbocycles. The number of hydrogen-bond donors (Lipinski definition) is 3. The molecule has 4 atom stereocenters. The van der Waals surface area contributed by atoms with Gasteiger partial charge in [0.05, 0.1) is 18.2 Å². The van der Waals surface area contributed by atoms with Crippen LogP contribution in [0.2, 0.25) is 10.0 Å². The van der Waals surface area contributed by atoms with Crippen LogP contribution in [0.4, 0.5) is 0 Å². The van der Waals surface area contributed by atoms with Gasteiger partial charge in [-0.2, -0.15) is 0 Å². The van der Waals surface area contributed by atoms with Crippen molar-refractivity contribution in [3.8, 4) is 0 Å². The van der Waals surface area contributed by atoms with Crippen LogP contribution in [0.5, 0.6) is 0 Å². The van der Waals surface area contributed by atoms with E-state index in [9.17, 15) is 9.90 Å². The van der Waals surface area contributed by atoms with Crippen LogP contribution in [0, 0.1) is 5.41 Å². The first kappa shape index (κ1) is 27.4. The molecule has 2 aliphatic rings. The molecule has 2 aromatic rings.